The van der Waals surface area contributed by atoms with Crippen LogP contribution in [0.2, 0.25) is 0 Å². The largest absolute Gasteiger partial charge is 0.351 e. The zero-order valence-corrected chi connectivity index (χ0v) is 17.1. The van der Waals surface area contributed by atoms with Crippen LogP contribution in [0.1, 0.15) is 63.9 Å². The lowest BCUT2D eigenvalue weighted by atomic mass is 9.85. The third kappa shape index (κ3) is 3.88. The van der Waals surface area contributed by atoms with Crippen LogP contribution in [-0.4, -0.2) is 43.5 Å². The molecule has 0 spiro atoms. The quantitative estimate of drug-likeness (QED) is 0.496. The molecule has 2 aliphatic carbocycles. The van der Waals surface area contributed by atoms with Crippen LogP contribution in [0.5, 0.6) is 0 Å². The molecule has 9 nitrogen and oxygen atoms in total. The first-order valence-electron chi connectivity index (χ1n) is 10.9. The van der Waals surface area contributed by atoms with Crippen molar-refractivity contribution >= 4 is 35.4 Å². The highest BCUT2D eigenvalue weighted by atomic mass is 16.2. The van der Waals surface area contributed by atoms with Crippen molar-refractivity contribution in [3.63, 3.8) is 0 Å². The molecule has 1 atom stereocenters. The highest BCUT2D eigenvalue weighted by Gasteiger charge is 2.27. The van der Waals surface area contributed by atoms with Gasteiger partial charge in [-0.1, -0.05) is 19.3 Å². The minimum atomic E-state index is -0.353. The van der Waals surface area contributed by atoms with Crippen LogP contribution in [0.4, 0.5) is 11.9 Å². The zero-order valence-electron chi connectivity index (χ0n) is 17.1. The summed E-state index contributed by atoms with van der Waals surface area (Å²) in [6, 6.07) is 0.695. The molecule has 3 fully saturated rings. The Labute approximate surface area is 174 Å². The van der Waals surface area contributed by atoms with Gasteiger partial charge in [0.05, 0.1) is 12.6 Å². The second-order valence-electron chi connectivity index (χ2n) is 8.68. The van der Waals surface area contributed by atoms with Gasteiger partial charge in [-0.15, -0.1) is 0 Å². The predicted octanol–water partition coefficient (Wildman–Crippen LogP) is 2.51. The second-order valence-corrected chi connectivity index (χ2v) is 8.68. The summed E-state index contributed by atoms with van der Waals surface area (Å²) in [7, 11) is 0. The van der Waals surface area contributed by atoms with Gasteiger partial charge in [0.2, 0.25) is 17.8 Å². The summed E-state index contributed by atoms with van der Waals surface area (Å²) in [6.45, 7) is 2.20. The summed E-state index contributed by atoms with van der Waals surface area (Å²) >= 11 is 0. The summed E-state index contributed by atoms with van der Waals surface area (Å²) in [5.41, 5.74) is 1.74. The van der Waals surface area contributed by atoms with E-state index in [0.29, 0.717) is 40.6 Å². The van der Waals surface area contributed by atoms with Crippen molar-refractivity contribution < 1.29 is 9.59 Å². The standard InChI is InChI=1S/C21H27N7O2/c1-12(13-5-3-2-4-6-13)23-20-26-18-15(9-14-10-17(29)25-19(14)30)11-22-28(18)21(27-20)24-16-7-8-16/h9,11-13,16H,2-8,10H2,1H3,(H,25,29,30)(H2,23,24,26,27)/b14-9+/t12-/m1/s1. The fraction of sp³-hybridized carbons (Fsp3) is 0.571. The summed E-state index contributed by atoms with van der Waals surface area (Å²) < 4.78 is 1.68. The number of amides is 2. The zero-order chi connectivity index (χ0) is 20.7. The molecule has 2 aromatic heterocycles. The molecule has 5 rings (SSSR count). The van der Waals surface area contributed by atoms with Gasteiger partial charge < -0.3 is 10.6 Å². The first-order chi connectivity index (χ1) is 14.6. The maximum absolute atomic E-state index is 12.0. The van der Waals surface area contributed by atoms with E-state index in [9.17, 15) is 9.59 Å². The molecule has 0 bridgehead atoms. The van der Waals surface area contributed by atoms with Crippen LogP contribution in [0.15, 0.2) is 11.8 Å². The molecule has 3 N–H and O–H groups in total. The van der Waals surface area contributed by atoms with E-state index in [4.69, 9.17) is 9.97 Å². The predicted molar refractivity (Wildman–Crippen MR) is 113 cm³/mol. The first kappa shape index (κ1) is 19.0. The van der Waals surface area contributed by atoms with Gasteiger partial charge in [-0.2, -0.15) is 19.6 Å². The lowest BCUT2D eigenvalue weighted by molar-refractivity contribution is -0.124. The molecule has 30 heavy (non-hydrogen) atoms. The van der Waals surface area contributed by atoms with E-state index in [-0.39, 0.29) is 24.3 Å². The monoisotopic (exact) mass is 409 g/mol. The molecule has 2 aromatic rings. The second kappa shape index (κ2) is 7.70. The fourth-order valence-corrected chi connectivity index (χ4v) is 4.33. The number of carbonyl (C=O) groups excluding carboxylic acids is 2. The van der Waals surface area contributed by atoms with Crippen LogP contribution in [0.25, 0.3) is 11.7 Å². The van der Waals surface area contributed by atoms with Gasteiger partial charge in [-0.25, -0.2) is 0 Å². The van der Waals surface area contributed by atoms with Gasteiger partial charge >= 0.3 is 0 Å². The molecular weight excluding hydrogens is 382 g/mol. The molecule has 3 aliphatic rings. The number of nitrogens with one attached hydrogen (secondary N) is 3. The highest BCUT2D eigenvalue weighted by molar-refractivity contribution is 6.15. The molecule has 2 saturated carbocycles. The van der Waals surface area contributed by atoms with Crippen molar-refractivity contribution in [2.24, 2.45) is 5.92 Å². The summed E-state index contributed by atoms with van der Waals surface area (Å²) in [5.74, 6) is 1.21. The third-order valence-corrected chi connectivity index (χ3v) is 6.24. The van der Waals surface area contributed by atoms with E-state index in [0.717, 1.165) is 12.8 Å². The Morgan fingerprint density at radius 3 is 2.67 bits per heavy atom. The van der Waals surface area contributed by atoms with Crippen LogP contribution < -0.4 is 16.0 Å². The minimum Gasteiger partial charge on any atom is -0.351 e. The van der Waals surface area contributed by atoms with Gasteiger partial charge in [-0.05, 0) is 44.6 Å². The van der Waals surface area contributed by atoms with E-state index < -0.39 is 0 Å². The number of fused-ring (bicyclic) bond motifs is 1. The van der Waals surface area contributed by atoms with Crippen LogP contribution in [0, 0.1) is 5.92 Å². The average molecular weight is 409 g/mol. The molecule has 0 aromatic carbocycles. The van der Waals surface area contributed by atoms with Crippen molar-refractivity contribution in [1.29, 1.82) is 0 Å². The van der Waals surface area contributed by atoms with Crippen molar-refractivity contribution in [3.8, 4) is 0 Å². The molecule has 2 amide bonds. The minimum absolute atomic E-state index is 0.0816. The molecule has 1 aliphatic heterocycles. The van der Waals surface area contributed by atoms with Crippen LogP contribution in [-0.2, 0) is 9.59 Å². The highest BCUT2D eigenvalue weighted by Crippen LogP contribution is 2.29. The summed E-state index contributed by atoms with van der Waals surface area (Å²) in [5, 5.41) is 13.7. The topological polar surface area (TPSA) is 113 Å². The van der Waals surface area contributed by atoms with E-state index in [1.54, 1.807) is 16.8 Å². The Hall–Kier alpha value is -2.97. The summed E-state index contributed by atoms with van der Waals surface area (Å²) in [6.07, 6.45) is 12.0. The Morgan fingerprint density at radius 1 is 1.17 bits per heavy atom. The van der Waals surface area contributed by atoms with Gasteiger partial charge in [0.1, 0.15) is 0 Å². The average Bonchev–Trinajstić information content (AvgIpc) is 3.37. The van der Waals surface area contributed by atoms with Gasteiger partial charge in [0.25, 0.3) is 5.91 Å². The normalized spacial score (nSPS) is 22.5. The lowest BCUT2D eigenvalue weighted by Crippen LogP contribution is -2.29. The smallest absolute Gasteiger partial charge is 0.254 e. The van der Waals surface area contributed by atoms with E-state index in [1.165, 1.54) is 32.1 Å². The first-order valence-corrected chi connectivity index (χ1v) is 10.9. The fourth-order valence-electron chi connectivity index (χ4n) is 4.33. The molecule has 0 radical (unpaired) electrons. The van der Waals surface area contributed by atoms with Crippen LogP contribution in [0.3, 0.4) is 0 Å². The van der Waals surface area contributed by atoms with Crippen molar-refractivity contribution in [1.82, 2.24) is 24.9 Å². The van der Waals surface area contributed by atoms with Gasteiger partial charge in [0.15, 0.2) is 5.65 Å². The van der Waals surface area contributed by atoms with E-state index in [2.05, 4.69) is 28.0 Å². The number of rotatable bonds is 6. The van der Waals surface area contributed by atoms with E-state index >= 15 is 0 Å². The Bertz CT molecular complexity index is 1020. The number of imide groups is 1. The van der Waals surface area contributed by atoms with Crippen molar-refractivity contribution in [2.75, 3.05) is 10.6 Å². The van der Waals surface area contributed by atoms with Gasteiger partial charge in [0, 0.05) is 23.2 Å². The molecule has 9 heteroatoms. The van der Waals surface area contributed by atoms with Crippen molar-refractivity contribution in [2.45, 2.75) is 70.4 Å². The number of anilines is 2. The maximum Gasteiger partial charge on any atom is 0.254 e. The molecule has 0 unspecified atom stereocenters. The number of nitrogens with zero attached hydrogens (tertiary/aromatic N) is 4. The number of hydrogen-bond donors (Lipinski definition) is 3. The summed E-state index contributed by atoms with van der Waals surface area (Å²) in [4.78, 5) is 32.9. The molecular formula is C21H27N7O2. The van der Waals surface area contributed by atoms with E-state index in [1.807, 2.05) is 0 Å². The molecule has 1 saturated heterocycles. The Morgan fingerprint density at radius 2 is 1.97 bits per heavy atom. The third-order valence-electron chi connectivity index (χ3n) is 6.24. The maximum atomic E-state index is 12.0. The Kier molecular flexibility index (Phi) is 4.88. The number of carbonyl (C=O) groups is 2. The Balaban J connectivity index is 1.48. The molecule has 3 heterocycles. The van der Waals surface area contributed by atoms with Gasteiger partial charge in [-0.3, -0.25) is 14.9 Å². The molecule has 158 valence electrons. The van der Waals surface area contributed by atoms with Crippen LogP contribution >= 0.6 is 0 Å². The SMILES string of the molecule is C[C@@H](Nc1nc(NC2CC2)n2ncc(/C=C3\CC(=O)NC3=O)c2n1)C1CCCCC1. The van der Waals surface area contributed by atoms with Crippen molar-refractivity contribution in [3.05, 3.63) is 17.3 Å². The number of aromatic nitrogens is 4. The lowest BCUT2D eigenvalue weighted by Gasteiger charge is -2.28. The number of hydrogen-bond acceptors (Lipinski definition) is 7.